The Kier molecular flexibility index (Phi) is 6.07. The van der Waals surface area contributed by atoms with Gasteiger partial charge in [0.15, 0.2) is 14.8 Å². The van der Waals surface area contributed by atoms with E-state index in [4.69, 9.17) is 4.42 Å². The molecule has 0 aliphatic heterocycles. The van der Waals surface area contributed by atoms with Gasteiger partial charge in [-0.25, -0.2) is 0 Å². The van der Waals surface area contributed by atoms with Gasteiger partial charge in [0.25, 0.3) is 5.91 Å². The van der Waals surface area contributed by atoms with Gasteiger partial charge in [-0.1, -0.05) is 41.3 Å². The van der Waals surface area contributed by atoms with Gasteiger partial charge in [-0.2, -0.15) is 0 Å². The van der Waals surface area contributed by atoms with Crippen molar-refractivity contribution in [3.05, 3.63) is 52.4 Å². The minimum atomic E-state index is -0.416. The van der Waals surface area contributed by atoms with E-state index in [2.05, 4.69) is 36.8 Å². The van der Waals surface area contributed by atoms with Crippen molar-refractivity contribution in [3.63, 3.8) is 0 Å². The summed E-state index contributed by atoms with van der Waals surface area (Å²) in [6.45, 7) is 1.93. The van der Waals surface area contributed by atoms with Crippen molar-refractivity contribution >= 4 is 61.7 Å². The lowest BCUT2D eigenvalue weighted by molar-refractivity contribution is -0.113. The van der Waals surface area contributed by atoms with Crippen LogP contribution in [0.5, 0.6) is 0 Å². The number of thioether (sulfide) groups is 1. The van der Waals surface area contributed by atoms with Gasteiger partial charge in [-0.15, -0.1) is 10.2 Å². The first kappa shape index (κ1) is 18.6. The summed E-state index contributed by atoms with van der Waals surface area (Å²) in [5.41, 5.74) is 1.78. The molecule has 2 aromatic heterocycles. The number of furan rings is 1. The molecule has 0 aliphatic rings. The van der Waals surface area contributed by atoms with Gasteiger partial charge >= 0.3 is 0 Å². The fourth-order valence-corrected chi connectivity index (χ4v) is 3.79. The third-order valence-corrected chi connectivity index (χ3v) is 5.57. The Morgan fingerprint density at radius 2 is 2.00 bits per heavy atom. The zero-order chi connectivity index (χ0) is 18.5. The Morgan fingerprint density at radius 1 is 1.19 bits per heavy atom. The minimum Gasteiger partial charge on any atom is -0.444 e. The molecule has 3 rings (SSSR count). The number of amides is 2. The summed E-state index contributed by atoms with van der Waals surface area (Å²) < 4.78 is 6.22. The van der Waals surface area contributed by atoms with Gasteiger partial charge in [-0.3, -0.25) is 14.9 Å². The van der Waals surface area contributed by atoms with Crippen LogP contribution in [0.1, 0.15) is 16.1 Å². The molecule has 0 fully saturated rings. The molecule has 2 heterocycles. The number of carbonyl (C=O) groups is 2. The zero-order valence-corrected chi connectivity index (χ0v) is 16.7. The van der Waals surface area contributed by atoms with Crippen LogP contribution in [0.4, 0.5) is 10.8 Å². The smallest absolute Gasteiger partial charge is 0.293 e. The molecule has 0 saturated carbocycles. The summed E-state index contributed by atoms with van der Waals surface area (Å²) in [5, 5.41) is 13.7. The number of benzene rings is 1. The van der Waals surface area contributed by atoms with Gasteiger partial charge in [0.1, 0.15) is 0 Å². The first-order valence-corrected chi connectivity index (χ1v) is 9.99. The number of aryl methyl sites for hydroxylation is 1. The van der Waals surface area contributed by atoms with E-state index in [-0.39, 0.29) is 17.4 Å². The van der Waals surface area contributed by atoms with Crippen LogP contribution >= 0.6 is 39.0 Å². The van der Waals surface area contributed by atoms with Crippen LogP contribution in [0, 0.1) is 6.92 Å². The van der Waals surface area contributed by atoms with Crippen molar-refractivity contribution in [2.75, 3.05) is 16.4 Å². The molecule has 2 amide bonds. The second-order valence-corrected chi connectivity index (χ2v) is 8.06. The largest absolute Gasteiger partial charge is 0.444 e. The molecular formula is C16H13BrN4O3S2. The molecular weight excluding hydrogens is 440 g/mol. The lowest BCUT2D eigenvalue weighted by Crippen LogP contribution is -2.14. The number of carbonyl (C=O) groups excluding carboxylic acids is 2. The van der Waals surface area contributed by atoms with Crippen LogP contribution in [-0.2, 0) is 4.79 Å². The first-order chi connectivity index (χ1) is 12.5. The lowest BCUT2D eigenvalue weighted by atomic mass is 10.2. The molecule has 1 aromatic carbocycles. The average molecular weight is 453 g/mol. The van der Waals surface area contributed by atoms with Crippen molar-refractivity contribution < 1.29 is 14.0 Å². The van der Waals surface area contributed by atoms with Gasteiger partial charge in [-0.05, 0) is 46.6 Å². The summed E-state index contributed by atoms with van der Waals surface area (Å²) in [6, 6.07) is 10.7. The van der Waals surface area contributed by atoms with Crippen molar-refractivity contribution in [1.29, 1.82) is 0 Å². The monoisotopic (exact) mass is 452 g/mol. The lowest BCUT2D eigenvalue weighted by Gasteiger charge is -2.06. The Bertz CT molecular complexity index is 941. The molecule has 2 N–H and O–H groups in total. The molecule has 3 aromatic rings. The summed E-state index contributed by atoms with van der Waals surface area (Å²) in [6.07, 6.45) is 0. The van der Waals surface area contributed by atoms with Crippen molar-refractivity contribution in [2.24, 2.45) is 0 Å². The van der Waals surface area contributed by atoms with Gasteiger partial charge < -0.3 is 9.73 Å². The molecule has 26 heavy (non-hydrogen) atoms. The number of halogens is 1. The highest BCUT2D eigenvalue weighted by molar-refractivity contribution is 9.10. The average Bonchev–Trinajstić information content (AvgIpc) is 3.24. The van der Waals surface area contributed by atoms with E-state index in [0.717, 1.165) is 11.3 Å². The van der Waals surface area contributed by atoms with E-state index in [1.165, 1.54) is 23.1 Å². The zero-order valence-electron chi connectivity index (χ0n) is 13.5. The third-order valence-electron chi connectivity index (χ3n) is 3.17. The molecule has 0 bridgehead atoms. The number of para-hydroxylation sites is 1. The van der Waals surface area contributed by atoms with Crippen molar-refractivity contribution in [3.8, 4) is 0 Å². The fraction of sp³-hybridized carbons (Fsp3) is 0.125. The molecule has 134 valence electrons. The fourth-order valence-electron chi connectivity index (χ4n) is 1.94. The number of nitrogens with one attached hydrogen (secondary N) is 2. The second-order valence-electron chi connectivity index (χ2n) is 5.08. The van der Waals surface area contributed by atoms with Gasteiger partial charge in [0.05, 0.1) is 5.75 Å². The SMILES string of the molecule is Cc1ccccc1NC(=O)CSc1nnc(NC(=O)c2ccc(Br)o2)s1. The van der Waals surface area contributed by atoms with Gasteiger partial charge in [0.2, 0.25) is 11.0 Å². The number of aromatic nitrogens is 2. The summed E-state index contributed by atoms with van der Waals surface area (Å²) >= 11 is 5.58. The minimum absolute atomic E-state index is 0.134. The Labute approximate surface area is 165 Å². The van der Waals surface area contributed by atoms with E-state index in [1.807, 2.05) is 31.2 Å². The summed E-state index contributed by atoms with van der Waals surface area (Å²) in [4.78, 5) is 24.0. The molecule has 0 saturated heterocycles. The van der Waals surface area contributed by atoms with Crippen LogP contribution in [0.25, 0.3) is 0 Å². The highest BCUT2D eigenvalue weighted by atomic mass is 79.9. The molecule has 7 nitrogen and oxygen atoms in total. The predicted octanol–water partition coefficient (Wildman–Crippen LogP) is 4.19. The highest BCUT2D eigenvalue weighted by Crippen LogP contribution is 2.26. The molecule has 10 heteroatoms. The summed E-state index contributed by atoms with van der Waals surface area (Å²) in [7, 11) is 0. The third kappa shape index (κ3) is 4.93. The molecule has 0 atom stereocenters. The number of anilines is 2. The summed E-state index contributed by atoms with van der Waals surface area (Å²) in [5.74, 6) is -0.188. The quantitative estimate of drug-likeness (QED) is 0.429. The van der Waals surface area contributed by atoms with Crippen LogP contribution < -0.4 is 10.6 Å². The Morgan fingerprint density at radius 3 is 2.73 bits per heavy atom. The van der Waals surface area contributed by atoms with E-state index in [9.17, 15) is 9.59 Å². The first-order valence-electron chi connectivity index (χ1n) is 7.40. The van der Waals surface area contributed by atoms with Crippen molar-refractivity contribution in [1.82, 2.24) is 10.2 Å². The van der Waals surface area contributed by atoms with Crippen LogP contribution in [-0.4, -0.2) is 27.8 Å². The normalized spacial score (nSPS) is 10.5. The molecule has 0 spiro atoms. The van der Waals surface area contributed by atoms with Crippen LogP contribution in [0.2, 0.25) is 0 Å². The number of hydrogen-bond acceptors (Lipinski definition) is 7. The maximum Gasteiger partial charge on any atom is 0.293 e. The van der Waals surface area contributed by atoms with E-state index in [1.54, 1.807) is 12.1 Å². The number of hydrogen-bond donors (Lipinski definition) is 2. The standard InChI is InChI=1S/C16H13BrN4O3S2/c1-9-4-2-3-5-10(9)18-13(22)8-25-16-21-20-15(26-16)19-14(23)11-6-7-12(17)24-11/h2-7H,8H2,1H3,(H,18,22)(H,19,20,23). The van der Waals surface area contributed by atoms with Crippen LogP contribution in [0.3, 0.4) is 0 Å². The second kappa shape index (κ2) is 8.47. The van der Waals surface area contributed by atoms with Crippen molar-refractivity contribution in [2.45, 2.75) is 11.3 Å². The predicted molar refractivity (Wildman–Crippen MR) is 105 cm³/mol. The van der Waals surface area contributed by atoms with Crippen LogP contribution in [0.15, 0.2) is 49.8 Å². The van der Waals surface area contributed by atoms with E-state index >= 15 is 0 Å². The maximum atomic E-state index is 12.0. The Hall–Kier alpha value is -2.17. The van der Waals surface area contributed by atoms with Gasteiger partial charge in [0, 0.05) is 5.69 Å². The van der Waals surface area contributed by atoms with E-state index in [0.29, 0.717) is 14.1 Å². The number of nitrogens with zero attached hydrogens (tertiary/aromatic N) is 2. The Balaban J connectivity index is 1.51. The topological polar surface area (TPSA) is 97.1 Å². The van der Waals surface area contributed by atoms with E-state index < -0.39 is 5.91 Å². The molecule has 0 radical (unpaired) electrons. The number of rotatable bonds is 6. The molecule has 0 aliphatic carbocycles. The maximum absolute atomic E-state index is 12.0. The molecule has 0 unspecified atom stereocenters. The highest BCUT2D eigenvalue weighted by Gasteiger charge is 2.14.